The molecule has 0 saturated heterocycles. The fourth-order valence-corrected chi connectivity index (χ4v) is 2.10. The van der Waals surface area contributed by atoms with Crippen LogP contribution >= 0.6 is 0 Å². The molecule has 2 atom stereocenters. The highest BCUT2D eigenvalue weighted by Gasteiger charge is 2.31. The first-order valence-corrected chi connectivity index (χ1v) is 4.64. The first-order chi connectivity index (χ1) is 5.63. The molecule has 0 N–H and O–H groups in total. The average Bonchev–Trinajstić information content (AvgIpc) is 2.04. The Morgan fingerprint density at radius 1 is 0.917 bits per heavy atom. The Morgan fingerprint density at radius 3 is 1.50 bits per heavy atom. The smallest absolute Gasteiger partial charge is 0.133 e. The number of rotatable bonds is 2. The van der Waals surface area contributed by atoms with E-state index in [9.17, 15) is 9.59 Å². The Labute approximate surface area is 73.3 Å². The zero-order valence-electron chi connectivity index (χ0n) is 7.80. The topological polar surface area (TPSA) is 34.1 Å². The van der Waals surface area contributed by atoms with Gasteiger partial charge in [0, 0.05) is 11.8 Å². The molecule has 1 rings (SSSR count). The van der Waals surface area contributed by atoms with Crippen molar-refractivity contribution in [3.8, 4) is 0 Å². The summed E-state index contributed by atoms with van der Waals surface area (Å²) in [6.07, 6.45) is 4.04. The van der Waals surface area contributed by atoms with Crippen LogP contribution in [0.4, 0.5) is 0 Å². The molecular formula is C10H16O2. The van der Waals surface area contributed by atoms with Crippen LogP contribution < -0.4 is 0 Å². The van der Waals surface area contributed by atoms with Crippen molar-refractivity contribution in [3.05, 3.63) is 0 Å². The summed E-state index contributed by atoms with van der Waals surface area (Å²) in [7, 11) is 0. The molecule has 0 amide bonds. The summed E-state index contributed by atoms with van der Waals surface area (Å²) in [6, 6.07) is 0. The van der Waals surface area contributed by atoms with E-state index in [1.54, 1.807) is 13.8 Å². The van der Waals surface area contributed by atoms with Crippen LogP contribution in [0.1, 0.15) is 39.5 Å². The maximum absolute atomic E-state index is 11.2. The van der Waals surface area contributed by atoms with Crippen LogP contribution in [0.25, 0.3) is 0 Å². The standard InChI is InChI=1S/C10H16O2/c1-7(11)9-5-3-4-6-10(9)8(2)12/h9-10H,3-6H2,1-2H3/t9-,10+. The normalized spacial score (nSPS) is 29.8. The SMILES string of the molecule is CC(=O)[C@H]1CCCC[C@H]1C(C)=O. The van der Waals surface area contributed by atoms with E-state index in [4.69, 9.17) is 0 Å². The van der Waals surface area contributed by atoms with E-state index in [1.807, 2.05) is 0 Å². The molecule has 1 fully saturated rings. The van der Waals surface area contributed by atoms with E-state index in [0.29, 0.717) is 0 Å². The Hall–Kier alpha value is -0.660. The van der Waals surface area contributed by atoms with Crippen molar-refractivity contribution in [2.24, 2.45) is 11.8 Å². The highest BCUT2D eigenvalue weighted by Crippen LogP contribution is 2.31. The summed E-state index contributed by atoms with van der Waals surface area (Å²) in [4.78, 5) is 22.3. The number of carbonyl (C=O) groups excluding carboxylic acids is 2. The summed E-state index contributed by atoms with van der Waals surface area (Å²) < 4.78 is 0. The fraction of sp³-hybridized carbons (Fsp3) is 0.800. The molecule has 0 aromatic rings. The van der Waals surface area contributed by atoms with Gasteiger partial charge in [0.25, 0.3) is 0 Å². The van der Waals surface area contributed by atoms with Crippen LogP contribution in [-0.2, 0) is 9.59 Å². The molecule has 0 bridgehead atoms. The minimum atomic E-state index is 0.0243. The zero-order chi connectivity index (χ0) is 9.14. The second-order valence-electron chi connectivity index (χ2n) is 3.72. The predicted octanol–water partition coefficient (Wildman–Crippen LogP) is 1.97. The monoisotopic (exact) mass is 168 g/mol. The van der Waals surface area contributed by atoms with Gasteiger partial charge in [0.2, 0.25) is 0 Å². The van der Waals surface area contributed by atoms with Gasteiger partial charge in [0.1, 0.15) is 11.6 Å². The maximum Gasteiger partial charge on any atom is 0.133 e. The third-order valence-corrected chi connectivity index (χ3v) is 2.81. The molecule has 0 aliphatic heterocycles. The number of Topliss-reactive ketones (excluding diaryl/α,β-unsaturated/α-hetero) is 2. The predicted molar refractivity (Wildman–Crippen MR) is 46.8 cm³/mol. The highest BCUT2D eigenvalue weighted by molar-refractivity contribution is 5.87. The van der Waals surface area contributed by atoms with Crippen molar-refractivity contribution < 1.29 is 9.59 Å². The van der Waals surface area contributed by atoms with Crippen molar-refractivity contribution in [1.82, 2.24) is 0 Å². The molecule has 2 heteroatoms. The third kappa shape index (κ3) is 1.93. The van der Waals surface area contributed by atoms with Crippen LogP contribution in [0, 0.1) is 11.8 Å². The van der Waals surface area contributed by atoms with Crippen molar-refractivity contribution in [2.45, 2.75) is 39.5 Å². The average molecular weight is 168 g/mol. The lowest BCUT2D eigenvalue weighted by atomic mass is 9.75. The number of hydrogen-bond donors (Lipinski definition) is 0. The lowest BCUT2D eigenvalue weighted by Crippen LogP contribution is -2.30. The van der Waals surface area contributed by atoms with Gasteiger partial charge in [-0.25, -0.2) is 0 Å². The Morgan fingerprint density at radius 2 is 1.25 bits per heavy atom. The van der Waals surface area contributed by atoms with Gasteiger partial charge in [-0.3, -0.25) is 9.59 Å². The molecular weight excluding hydrogens is 152 g/mol. The molecule has 0 aromatic carbocycles. The Balaban J connectivity index is 2.67. The maximum atomic E-state index is 11.2. The number of ketones is 2. The van der Waals surface area contributed by atoms with Crippen molar-refractivity contribution in [3.63, 3.8) is 0 Å². The quantitative estimate of drug-likeness (QED) is 0.631. The lowest BCUT2D eigenvalue weighted by molar-refractivity contribution is -0.131. The van der Waals surface area contributed by atoms with E-state index in [-0.39, 0.29) is 23.4 Å². The summed E-state index contributed by atoms with van der Waals surface area (Å²) in [5.74, 6) is 0.428. The highest BCUT2D eigenvalue weighted by atomic mass is 16.1. The van der Waals surface area contributed by atoms with Gasteiger partial charge in [-0.1, -0.05) is 12.8 Å². The van der Waals surface area contributed by atoms with Crippen LogP contribution in [-0.4, -0.2) is 11.6 Å². The van der Waals surface area contributed by atoms with Gasteiger partial charge in [-0.15, -0.1) is 0 Å². The first-order valence-electron chi connectivity index (χ1n) is 4.64. The molecule has 12 heavy (non-hydrogen) atoms. The Bertz CT molecular complexity index is 174. The zero-order valence-corrected chi connectivity index (χ0v) is 7.80. The van der Waals surface area contributed by atoms with Crippen LogP contribution in [0.5, 0.6) is 0 Å². The number of hydrogen-bond acceptors (Lipinski definition) is 2. The van der Waals surface area contributed by atoms with Gasteiger partial charge in [-0.05, 0) is 26.7 Å². The van der Waals surface area contributed by atoms with Crippen LogP contribution in [0.2, 0.25) is 0 Å². The molecule has 1 aliphatic carbocycles. The van der Waals surface area contributed by atoms with E-state index >= 15 is 0 Å². The van der Waals surface area contributed by atoms with E-state index in [2.05, 4.69) is 0 Å². The van der Waals surface area contributed by atoms with Gasteiger partial charge < -0.3 is 0 Å². The summed E-state index contributed by atoms with van der Waals surface area (Å²) in [5.41, 5.74) is 0. The summed E-state index contributed by atoms with van der Waals surface area (Å²) in [5, 5.41) is 0. The van der Waals surface area contributed by atoms with Gasteiger partial charge in [-0.2, -0.15) is 0 Å². The van der Waals surface area contributed by atoms with Crippen molar-refractivity contribution in [1.29, 1.82) is 0 Å². The summed E-state index contributed by atoms with van der Waals surface area (Å²) in [6.45, 7) is 3.21. The molecule has 68 valence electrons. The summed E-state index contributed by atoms with van der Waals surface area (Å²) >= 11 is 0. The molecule has 1 saturated carbocycles. The van der Waals surface area contributed by atoms with Crippen molar-refractivity contribution in [2.75, 3.05) is 0 Å². The largest absolute Gasteiger partial charge is 0.300 e. The molecule has 1 aliphatic rings. The van der Waals surface area contributed by atoms with E-state index in [1.165, 1.54) is 0 Å². The second kappa shape index (κ2) is 3.83. The van der Waals surface area contributed by atoms with Gasteiger partial charge in [0.05, 0.1) is 0 Å². The molecule has 2 nitrogen and oxygen atoms in total. The third-order valence-electron chi connectivity index (χ3n) is 2.81. The van der Waals surface area contributed by atoms with Crippen molar-refractivity contribution >= 4 is 11.6 Å². The fourth-order valence-electron chi connectivity index (χ4n) is 2.10. The van der Waals surface area contributed by atoms with Crippen LogP contribution in [0.15, 0.2) is 0 Å². The number of carbonyl (C=O) groups is 2. The molecule has 0 aromatic heterocycles. The van der Waals surface area contributed by atoms with Crippen LogP contribution in [0.3, 0.4) is 0 Å². The molecule has 0 radical (unpaired) electrons. The van der Waals surface area contributed by atoms with E-state index in [0.717, 1.165) is 25.7 Å². The Kier molecular flexibility index (Phi) is 3.01. The molecule has 0 heterocycles. The minimum Gasteiger partial charge on any atom is -0.300 e. The molecule has 0 unspecified atom stereocenters. The van der Waals surface area contributed by atoms with Gasteiger partial charge >= 0.3 is 0 Å². The second-order valence-corrected chi connectivity index (χ2v) is 3.72. The molecule has 0 spiro atoms. The minimum absolute atomic E-state index is 0.0243. The van der Waals surface area contributed by atoms with Gasteiger partial charge in [0.15, 0.2) is 0 Å². The first kappa shape index (κ1) is 9.43. The van der Waals surface area contributed by atoms with E-state index < -0.39 is 0 Å². The lowest BCUT2D eigenvalue weighted by Gasteiger charge is -2.27.